The van der Waals surface area contributed by atoms with Crippen LogP contribution in [0.4, 0.5) is 16.2 Å². The molecule has 1 saturated heterocycles. The third-order valence-corrected chi connectivity index (χ3v) is 5.38. The molecule has 0 atom stereocenters. The van der Waals surface area contributed by atoms with Gasteiger partial charge in [0.1, 0.15) is 18.1 Å². The molecule has 3 aromatic carbocycles. The Balaban J connectivity index is 1.28. The Hall–Kier alpha value is -3.71. The molecule has 0 saturated carbocycles. The Morgan fingerprint density at radius 1 is 0.848 bits per heavy atom. The molecular weight excluding hydrogens is 418 g/mol. The van der Waals surface area contributed by atoms with Crippen molar-refractivity contribution in [2.24, 2.45) is 0 Å². The number of methoxy groups -OCH3 is 1. The molecule has 1 aliphatic heterocycles. The average Bonchev–Trinajstić information content (AvgIpc) is 3.35. The number of urea groups is 1. The second-order valence-electron chi connectivity index (χ2n) is 7.78. The topological polar surface area (TPSA) is 72.1 Å². The normalized spacial score (nSPS) is 13.4. The van der Waals surface area contributed by atoms with Crippen molar-refractivity contribution in [3.8, 4) is 23.0 Å². The predicted molar refractivity (Wildman–Crippen MR) is 130 cm³/mol. The summed E-state index contributed by atoms with van der Waals surface area (Å²) in [7, 11) is 1.59. The number of carbonyl (C=O) groups is 1. The van der Waals surface area contributed by atoms with Gasteiger partial charge in [-0.3, -0.25) is 4.90 Å². The van der Waals surface area contributed by atoms with Crippen LogP contribution in [0.25, 0.3) is 0 Å². The van der Waals surface area contributed by atoms with Crippen molar-refractivity contribution >= 4 is 17.4 Å². The lowest BCUT2D eigenvalue weighted by atomic mass is 10.2. The number of ether oxygens (including phenoxy) is 3. The van der Waals surface area contributed by atoms with Crippen LogP contribution in [-0.2, 0) is 0 Å². The Kier molecular flexibility index (Phi) is 7.66. The second kappa shape index (κ2) is 11.2. The maximum atomic E-state index is 12.4. The molecule has 2 N–H and O–H groups in total. The van der Waals surface area contributed by atoms with Gasteiger partial charge < -0.3 is 24.8 Å². The van der Waals surface area contributed by atoms with E-state index < -0.39 is 0 Å². The van der Waals surface area contributed by atoms with Gasteiger partial charge in [-0.15, -0.1) is 0 Å². The van der Waals surface area contributed by atoms with Crippen LogP contribution in [0.2, 0.25) is 0 Å². The molecule has 1 heterocycles. The van der Waals surface area contributed by atoms with E-state index in [1.165, 1.54) is 12.8 Å². The van der Waals surface area contributed by atoms with Crippen molar-refractivity contribution in [2.45, 2.75) is 12.8 Å². The molecule has 1 aliphatic rings. The average molecular weight is 448 g/mol. The van der Waals surface area contributed by atoms with E-state index in [1.54, 1.807) is 43.5 Å². The summed E-state index contributed by atoms with van der Waals surface area (Å²) in [6.45, 7) is 3.79. The van der Waals surface area contributed by atoms with Crippen molar-refractivity contribution in [3.05, 3.63) is 72.8 Å². The van der Waals surface area contributed by atoms with Crippen LogP contribution >= 0.6 is 0 Å². The summed E-state index contributed by atoms with van der Waals surface area (Å²) in [6, 6.07) is 21.7. The number of hydrogen-bond donors (Lipinski definition) is 2. The van der Waals surface area contributed by atoms with E-state index in [0.717, 1.165) is 25.4 Å². The lowest BCUT2D eigenvalue weighted by Crippen LogP contribution is -2.25. The van der Waals surface area contributed by atoms with E-state index in [1.807, 2.05) is 36.4 Å². The Bertz CT molecular complexity index is 1040. The first-order valence-corrected chi connectivity index (χ1v) is 11.1. The number of anilines is 2. The van der Waals surface area contributed by atoms with Crippen LogP contribution in [0.3, 0.4) is 0 Å². The first-order valence-electron chi connectivity index (χ1n) is 11.1. The van der Waals surface area contributed by atoms with E-state index in [0.29, 0.717) is 35.2 Å². The lowest BCUT2D eigenvalue weighted by molar-refractivity contribution is 0.230. The van der Waals surface area contributed by atoms with Crippen LogP contribution in [-0.4, -0.2) is 44.3 Å². The lowest BCUT2D eigenvalue weighted by Gasteiger charge is -2.17. The molecule has 4 rings (SSSR count). The zero-order chi connectivity index (χ0) is 22.9. The number of rotatable bonds is 9. The standard InChI is InChI=1S/C26H29N3O4/c1-31-25-19-21(11-14-24(25)32-18-17-29-15-5-6-16-29)28-26(30)27-20-9-12-23(13-10-20)33-22-7-3-2-4-8-22/h2-4,7-14,19H,5-6,15-18H2,1H3,(H2,27,28,30). The molecule has 0 radical (unpaired) electrons. The van der Waals surface area contributed by atoms with Crippen molar-refractivity contribution in [1.82, 2.24) is 4.90 Å². The van der Waals surface area contributed by atoms with E-state index in [4.69, 9.17) is 14.2 Å². The minimum Gasteiger partial charge on any atom is -0.493 e. The summed E-state index contributed by atoms with van der Waals surface area (Å²) in [6.07, 6.45) is 2.52. The fourth-order valence-corrected chi connectivity index (χ4v) is 3.68. The highest BCUT2D eigenvalue weighted by Gasteiger charge is 2.13. The molecule has 172 valence electrons. The molecule has 0 aliphatic carbocycles. The van der Waals surface area contributed by atoms with Crippen LogP contribution in [0.1, 0.15) is 12.8 Å². The molecule has 3 aromatic rings. The Morgan fingerprint density at radius 2 is 1.52 bits per heavy atom. The Morgan fingerprint density at radius 3 is 2.24 bits per heavy atom. The summed E-state index contributed by atoms with van der Waals surface area (Å²) in [5.74, 6) is 2.69. The van der Waals surface area contributed by atoms with Gasteiger partial charge in [0, 0.05) is 24.0 Å². The van der Waals surface area contributed by atoms with Crippen molar-refractivity contribution < 1.29 is 19.0 Å². The van der Waals surface area contributed by atoms with Gasteiger partial charge >= 0.3 is 6.03 Å². The number of amides is 2. The summed E-state index contributed by atoms with van der Waals surface area (Å²) in [4.78, 5) is 14.8. The van der Waals surface area contributed by atoms with Crippen molar-refractivity contribution in [2.75, 3.05) is 44.0 Å². The Labute approximate surface area is 194 Å². The number of nitrogens with zero attached hydrogens (tertiary/aromatic N) is 1. The molecule has 7 nitrogen and oxygen atoms in total. The van der Waals surface area contributed by atoms with E-state index >= 15 is 0 Å². The molecule has 33 heavy (non-hydrogen) atoms. The van der Waals surface area contributed by atoms with Gasteiger partial charge in [0.2, 0.25) is 0 Å². The van der Waals surface area contributed by atoms with Crippen LogP contribution in [0.5, 0.6) is 23.0 Å². The number of likely N-dealkylation sites (tertiary alicyclic amines) is 1. The van der Waals surface area contributed by atoms with Crippen LogP contribution < -0.4 is 24.8 Å². The summed E-state index contributed by atoms with van der Waals surface area (Å²) < 4.78 is 17.1. The van der Waals surface area contributed by atoms with E-state index in [-0.39, 0.29) is 6.03 Å². The first kappa shape index (κ1) is 22.5. The van der Waals surface area contributed by atoms with Crippen LogP contribution in [0, 0.1) is 0 Å². The predicted octanol–water partition coefficient (Wildman–Crippen LogP) is 5.61. The summed E-state index contributed by atoms with van der Waals surface area (Å²) >= 11 is 0. The third-order valence-electron chi connectivity index (χ3n) is 5.38. The molecular formula is C26H29N3O4. The minimum absolute atomic E-state index is 0.350. The van der Waals surface area contributed by atoms with Gasteiger partial charge in [0.05, 0.1) is 7.11 Å². The minimum atomic E-state index is -0.350. The van der Waals surface area contributed by atoms with Crippen LogP contribution in [0.15, 0.2) is 72.8 Å². The number of benzene rings is 3. The number of para-hydroxylation sites is 1. The summed E-state index contributed by atoms with van der Waals surface area (Å²) in [5, 5.41) is 5.64. The zero-order valence-electron chi connectivity index (χ0n) is 18.8. The number of hydrogen-bond acceptors (Lipinski definition) is 5. The quantitative estimate of drug-likeness (QED) is 0.446. The van der Waals surface area contributed by atoms with Gasteiger partial charge in [-0.05, 0) is 74.5 Å². The molecule has 7 heteroatoms. The highest BCUT2D eigenvalue weighted by Crippen LogP contribution is 2.30. The largest absolute Gasteiger partial charge is 0.493 e. The maximum Gasteiger partial charge on any atom is 0.323 e. The van der Waals surface area contributed by atoms with Gasteiger partial charge in [0.15, 0.2) is 11.5 Å². The number of carbonyl (C=O) groups excluding carboxylic acids is 1. The van der Waals surface area contributed by atoms with E-state index in [2.05, 4.69) is 15.5 Å². The molecule has 0 bridgehead atoms. The fourth-order valence-electron chi connectivity index (χ4n) is 3.68. The highest BCUT2D eigenvalue weighted by atomic mass is 16.5. The van der Waals surface area contributed by atoms with E-state index in [9.17, 15) is 4.79 Å². The zero-order valence-corrected chi connectivity index (χ0v) is 18.8. The molecule has 0 spiro atoms. The SMILES string of the molecule is COc1cc(NC(=O)Nc2ccc(Oc3ccccc3)cc2)ccc1OCCN1CCCC1. The smallest absolute Gasteiger partial charge is 0.323 e. The van der Waals surface area contributed by atoms with Crippen molar-refractivity contribution in [1.29, 1.82) is 0 Å². The summed E-state index contributed by atoms with van der Waals surface area (Å²) in [5.41, 5.74) is 1.27. The highest BCUT2D eigenvalue weighted by molar-refractivity contribution is 5.99. The molecule has 2 amide bonds. The molecule has 0 aromatic heterocycles. The fraction of sp³-hybridized carbons (Fsp3) is 0.269. The second-order valence-corrected chi connectivity index (χ2v) is 7.78. The first-order chi connectivity index (χ1) is 16.2. The third kappa shape index (κ3) is 6.63. The van der Waals surface area contributed by atoms with Crippen molar-refractivity contribution in [3.63, 3.8) is 0 Å². The monoisotopic (exact) mass is 447 g/mol. The maximum absolute atomic E-state index is 12.4. The van der Waals surface area contributed by atoms with Gasteiger partial charge in [0.25, 0.3) is 0 Å². The number of nitrogens with one attached hydrogen (secondary N) is 2. The molecule has 1 fully saturated rings. The van der Waals surface area contributed by atoms with Gasteiger partial charge in [-0.2, -0.15) is 0 Å². The van der Waals surface area contributed by atoms with Gasteiger partial charge in [-0.25, -0.2) is 4.79 Å². The molecule has 0 unspecified atom stereocenters. The van der Waals surface area contributed by atoms with Gasteiger partial charge in [-0.1, -0.05) is 18.2 Å².